The van der Waals surface area contributed by atoms with Gasteiger partial charge in [0.25, 0.3) is 0 Å². The van der Waals surface area contributed by atoms with Crippen molar-refractivity contribution in [2.45, 2.75) is 19.4 Å². The van der Waals surface area contributed by atoms with Crippen LogP contribution in [-0.2, 0) is 11.3 Å². The van der Waals surface area contributed by atoms with Crippen LogP contribution in [-0.4, -0.2) is 19.8 Å². The van der Waals surface area contributed by atoms with Gasteiger partial charge in [-0.3, -0.25) is 0 Å². The van der Waals surface area contributed by atoms with E-state index in [2.05, 4.69) is 27.3 Å². The Morgan fingerprint density at radius 3 is 3.00 bits per heavy atom. The lowest BCUT2D eigenvalue weighted by Gasteiger charge is -2.04. The summed E-state index contributed by atoms with van der Waals surface area (Å²) in [7, 11) is 0. The van der Waals surface area contributed by atoms with E-state index < -0.39 is 0 Å². The van der Waals surface area contributed by atoms with E-state index in [1.54, 1.807) is 11.3 Å². The molecular formula is C11H15BrClNOS. The molecule has 0 spiro atoms. The predicted octanol–water partition coefficient (Wildman–Crippen LogP) is 3.68. The summed E-state index contributed by atoms with van der Waals surface area (Å²) in [5, 5.41) is 3.34. The van der Waals surface area contributed by atoms with Crippen LogP contribution in [0.4, 0.5) is 0 Å². The standard InChI is InChI=1S/C11H15BrClNOS/c12-10-5-9(16-11(10)13)6-14-3-4-15-7-8-1-2-8/h5,8,14H,1-4,6-7H2. The lowest BCUT2D eigenvalue weighted by atomic mass is 10.4. The van der Waals surface area contributed by atoms with Crippen molar-refractivity contribution in [1.29, 1.82) is 0 Å². The van der Waals surface area contributed by atoms with Gasteiger partial charge in [-0.1, -0.05) is 11.6 Å². The Morgan fingerprint density at radius 1 is 1.56 bits per heavy atom. The second-order valence-corrected chi connectivity index (χ2v) is 6.62. The Balaban J connectivity index is 1.53. The van der Waals surface area contributed by atoms with Crippen molar-refractivity contribution in [3.8, 4) is 0 Å². The molecule has 1 heterocycles. The maximum absolute atomic E-state index is 5.95. The van der Waals surface area contributed by atoms with Gasteiger partial charge in [0.1, 0.15) is 4.34 Å². The molecule has 1 fully saturated rings. The average Bonchev–Trinajstić information content (AvgIpc) is 3.01. The summed E-state index contributed by atoms with van der Waals surface area (Å²) >= 11 is 11.0. The predicted molar refractivity (Wildman–Crippen MR) is 72.3 cm³/mol. The van der Waals surface area contributed by atoms with E-state index in [0.29, 0.717) is 0 Å². The first-order chi connectivity index (χ1) is 7.75. The van der Waals surface area contributed by atoms with Crippen molar-refractivity contribution in [1.82, 2.24) is 5.32 Å². The fourth-order valence-electron chi connectivity index (χ4n) is 1.37. The number of thiophene rings is 1. The van der Waals surface area contributed by atoms with Crippen molar-refractivity contribution >= 4 is 38.9 Å². The SMILES string of the molecule is Clc1sc(CNCCOCC2CC2)cc1Br. The smallest absolute Gasteiger partial charge is 0.107 e. The van der Waals surface area contributed by atoms with Gasteiger partial charge in [0.15, 0.2) is 0 Å². The van der Waals surface area contributed by atoms with Gasteiger partial charge >= 0.3 is 0 Å². The quantitative estimate of drug-likeness (QED) is 0.773. The maximum Gasteiger partial charge on any atom is 0.107 e. The molecule has 0 radical (unpaired) electrons. The third kappa shape index (κ3) is 4.34. The molecule has 2 nitrogen and oxygen atoms in total. The maximum atomic E-state index is 5.95. The van der Waals surface area contributed by atoms with E-state index in [4.69, 9.17) is 16.3 Å². The molecule has 5 heteroatoms. The van der Waals surface area contributed by atoms with Gasteiger partial charge in [0.05, 0.1) is 6.61 Å². The van der Waals surface area contributed by atoms with Gasteiger partial charge in [0, 0.05) is 29.0 Å². The van der Waals surface area contributed by atoms with Crippen LogP contribution in [0.5, 0.6) is 0 Å². The number of hydrogen-bond acceptors (Lipinski definition) is 3. The van der Waals surface area contributed by atoms with E-state index in [1.165, 1.54) is 17.7 Å². The van der Waals surface area contributed by atoms with Crippen LogP contribution >= 0.6 is 38.9 Å². The van der Waals surface area contributed by atoms with Crippen LogP contribution < -0.4 is 5.32 Å². The summed E-state index contributed by atoms with van der Waals surface area (Å²) in [4.78, 5) is 1.25. The zero-order chi connectivity index (χ0) is 11.4. The molecule has 0 amide bonds. The van der Waals surface area contributed by atoms with E-state index in [-0.39, 0.29) is 0 Å². The van der Waals surface area contributed by atoms with Gasteiger partial charge in [0.2, 0.25) is 0 Å². The molecule has 90 valence electrons. The Hall–Kier alpha value is 0.390. The Kier molecular flexibility index (Phi) is 5.10. The minimum atomic E-state index is 0.802. The molecule has 0 aliphatic heterocycles. The van der Waals surface area contributed by atoms with Crippen LogP contribution in [0.25, 0.3) is 0 Å². The number of halogens is 2. The average molecular weight is 325 g/mol. The highest BCUT2D eigenvalue weighted by Gasteiger charge is 2.20. The molecule has 1 aromatic rings. The molecule has 1 saturated carbocycles. The van der Waals surface area contributed by atoms with Crippen LogP contribution in [0.15, 0.2) is 10.5 Å². The fourth-order valence-corrected chi connectivity index (χ4v) is 3.13. The molecule has 1 aliphatic carbocycles. The highest BCUT2D eigenvalue weighted by molar-refractivity contribution is 9.10. The first-order valence-electron chi connectivity index (χ1n) is 5.48. The third-order valence-corrected chi connectivity index (χ3v) is 4.94. The molecule has 16 heavy (non-hydrogen) atoms. The molecule has 1 aromatic heterocycles. The second kappa shape index (κ2) is 6.36. The zero-order valence-corrected chi connectivity index (χ0v) is 12.1. The van der Waals surface area contributed by atoms with Crippen molar-refractivity contribution < 1.29 is 4.74 Å². The van der Waals surface area contributed by atoms with E-state index in [9.17, 15) is 0 Å². The minimum absolute atomic E-state index is 0.802. The summed E-state index contributed by atoms with van der Waals surface area (Å²) < 4.78 is 7.34. The van der Waals surface area contributed by atoms with Gasteiger partial charge in [-0.15, -0.1) is 11.3 Å². The van der Waals surface area contributed by atoms with Crippen molar-refractivity contribution in [3.05, 3.63) is 19.8 Å². The molecule has 0 saturated heterocycles. The molecule has 0 aromatic carbocycles. The van der Waals surface area contributed by atoms with Crippen LogP contribution in [0.1, 0.15) is 17.7 Å². The summed E-state index contributed by atoms with van der Waals surface area (Å²) in [5.74, 6) is 0.854. The normalized spacial score (nSPS) is 15.6. The number of nitrogens with one attached hydrogen (secondary N) is 1. The molecule has 0 atom stereocenters. The van der Waals surface area contributed by atoms with E-state index >= 15 is 0 Å². The largest absolute Gasteiger partial charge is 0.380 e. The molecule has 0 unspecified atom stereocenters. The summed E-state index contributed by atoms with van der Waals surface area (Å²) in [6.45, 7) is 3.51. The van der Waals surface area contributed by atoms with Gasteiger partial charge in [-0.2, -0.15) is 0 Å². The van der Waals surface area contributed by atoms with Crippen molar-refractivity contribution in [2.75, 3.05) is 19.8 Å². The van der Waals surface area contributed by atoms with E-state index in [1.807, 2.05) is 0 Å². The van der Waals surface area contributed by atoms with Crippen molar-refractivity contribution in [2.24, 2.45) is 5.92 Å². The molecular weight excluding hydrogens is 310 g/mol. The van der Waals surface area contributed by atoms with Crippen LogP contribution in [0, 0.1) is 5.92 Å². The van der Waals surface area contributed by atoms with Crippen LogP contribution in [0.2, 0.25) is 4.34 Å². The molecule has 1 N–H and O–H groups in total. The van der Waals surface area contributed by atoms with Crippen LogP contribution in [0.3, 0.4) is 0 Å². The second-order valence-electron chi connectivity index (χ2n) is 4.03. The Morgan fingerprint density at radius 2 is 2.38 bits per heavy atom. The number of rotatable bonds is 7. The third-order valence-electron chi connectivity index (χ3n) is 2.47. The Labute approximate surface area is 113 Å². The van der Waals surface area contributed by atoms with E-state index in [0.717, 1.165) is 41.0 Å². The fraction of sp³-hybridized carbons (Fsp3) is 0.636. The highest BCUT2D eigenvalue weighted by atomic mass is 79.9. The monoisotopic (exact) mass is 323 g/mol. The lowest BCUT2D eigenvalue weighted by molar-refractivity contribution is 0.126. The molecule has 2 rings (SSSR count). The minimum Gasteiger partial charge on any atom is -0.380 e. The summed E-state index contributed by atoms with van der Waals surface area (Å²) in [5.41, 5.74) is 0. The van der Waals surface area contributed by atoms with Crippen molar-refractivity contribution in [3.63, 3.8) is 0 Å². The van der Waals surface area contributed by atoms with Gasteiger partial charge < -0.3 is 10.1 Å². The molecule has 1 aliphatic rings. The first kappa shape index (κ1) is 12.8. The topological polar surface area (TPSA) is 21.3 Å². The van der Waals surface area contributed by atoms with Gasteiger partial charge in [-0.25, -0.2) is 0 Å². The Bertz CT molecular complexity index is 321. The summed E-state index contributed by atoms with van der Waals surface area (Å²) in [6.07, 6.45) is 2.71. The highest BCUT2D eigenvalue weighted by Crippen LogP contribution is 2.31. The number of hydrogen-bond donors (Lipinski definition) is 1. The van der Waals surface area contributed by atoms with Gasteiger partial charge in [-0.05, 0) is 40.8 Å². The lowest BCUT2D eigenvalue weighted by Crippen LogP contribution is -2.19. The zero-order valence-electron chi connectivity index (χ0n) is 8.97. The summed E-state index contributed by atoms with van der Waals surface area (Å²) in [6, 6.07) is 2.06. The number of ether oxygens (including phenoxy) is 1. The molecule has 0 bridgehead atoms. The first-order valence-corrected chi connectivity index (χ1v) is 7.46.